The van der Waals surface area contributed by atoms with Gasteiger partial charge in [-0.15, -0.1) is 0 Å². The Bertz CT molecular complexity index is 340. The molecule has 2 nitrogen and oxygen atoms in total. The minimum absolute atomic E-state index is 0.0647. The molecule has 0 aromatic heterocycles. The molecule has 0 saturated carbocycles. The van der Waals surface area contributed by atoms with Crippen LogP contribution in [0, 0.1) is 12.8 Å². The van der Waals surface area contributed by atoms with E-state index in [1.54, 1.807) is 6.92 Å². The van der Waals surface area contributed by atoms with E-state index in [9.17, 15) is 9.90 Å². The minimum atomic E-state index is -0.668. The average molecular weight is 220 g/mol. The largest absolute Gasteiger partial charge is 0.388 e. The second-order valence-corrected chi connectivity index (χ2v) is 4.36. The number of Topliss-reactive ketones (excluding diaryl/α,β-unsaturated/α-hetero) is 1. The van der Waals surface area contributed by atoms with Gasteiger partial charge in [0.05, 0.1) is 6.10 Å². The Morgan fingerprint density at radius 3 is 2.31 bits per heavy atom. The Morgan fingerprint density at radius 1 is 1.31 bits per heavy atom. The summed E-state index contributed by atoms with van der Waals surface area (Å²) in [5, 5.41) is 10.2. The van der Waals surface area contributed by atoms with Crippen molar-refractivity contribution in [2.45, 2.75) is 39.7 Å². The van der Waals surface area contributed by atoms with Crippen molar-refractivity contribution in [3.05, 3.63) is 35.4 Å². The van der Waals surface area contributed by atoms with Gasteiger partial charge in [0.1, 0.15) is 5.78 Å². The molecule has 1 aromatic rings. The third kappa shape index (κ3) is 3.17. The normalized spacial score (nSPS) is 14.5. The molecule has 2 atom stereocenters. The van der Waals surface area contributed by atoms with Crippen LogP contribution in [0.15, 0.2) is 24.3 Å². The first kappa shape index (κ1) is 12.9. The van der Waals surface area contributed by atoms with E-state index < -0.39 is 6.10 Å². The smallest absolute Gasteiger partial charge is 0.135 e. The van der Waals surface area contributed by atoms with Gasteiger partial charge in [0.25, 0.3) is 0 Å². The molecule has 0 aliphatic heterocycles. The number of ketones is 1. The van der Waals surface area contributed by atoms with E-state index in [0.29, 0.717) is 0 Å². The Morgan fingerprint density at radius 2 is 1.88 bits per heavy atom. The van der Waals surface area contributed by atoms with Gasteiger partial charge in [-0.2, -0.15) is 0 Å². The molecule has 0 amide bonds. The molecule has 88 valence electrons. The van der Waals surface area contributed by atoms with E-state index in [0.717, 1.165) is 24.0 Å². The van der Waals surface area contributed by atoms with E-state index in [1.165, 1.54) is 0 Å². The molecular weight excluding hydrogens is 200 g/mol. The third-order valence-corrected chi connectivity index (χ3v) is 2.92. The molecule has 0 radical (unpaired) electrons. The van der Waals surface area contributed by atoms with Gasteiger partial charge in [0, 0.05) is 5.92 Å². The second kappa shape index (κ2) is 5.80. The summed E-state index contributed by atoms with van der Waals surface area (Å²) >= 11 is 0. The predicted molar refractivity (Wildman–Crippen MR) is 65.2 cm³/mol. The zero-order chi connectivity index (χ0) is 12.1. The first-order valence-electron chi connectivity index (χ1n) is 5.81. The first-order chi connectivity index (χ1) is 7.56. The number of hydrogen-bond acceptors (Lipinski definition) is 2. The van der Waals surface area contributed by atoms with Crippen LogP contribution in [-0.2, 0) is 4.79 Å². The van der Waals surface area contributed by atoms with Gasteiger partial charge in [0.15, 0.2) is 0 Å². The monoisotopic (exact) mass is 220 g/mol. The van der Waals surface area contributed by atoms with Crippen molar-refractivity contribution in [3.8, 4) is 0 Å². The van der Waals surface area contributed by atoms with Crippen molar-refractivity contribution in [2.24, 2.45) is 5.92 Å². The highest BCUT2D eigenvalue weighted by Crippen LogP contribution is 2.26. The van der Waals surface area contributed by atoms with Crippen molar-refractivity contribution in [1.82, 2.24) is 0 Å². The van der Waals surface area contributed by atoms with Crippen LogP contribution in [0.1, 0.15) is 43.9 Å². The molecular formula is C14H20O2. The lowest BCUT2D eigenvalue weighted by molar-refractivity contribution is -0.124. The van der Waals surface area contributed by atoms with E-state index in [2.05, 4.69) is 0 Å². The predicted octanol–water partition coefficient (Wildman–Crippen LogP) is 3.03. The van der Waals surface area contributed by atoms with E-state index in [4.69, 9.17) is 0 Å². The summed E-state index contributed by atoms with van der Waals surface area (Å²) in [6.07, 6.45) is 0.982. The Balaban J connectivity index is 2.85. The van der Waals surface area contributed by atoms with Gasteiger partial charge >= 0.3 is 0 Å². The maximum atomic E-state index is 11.5. The standard InChI is InChI=1S/C14H20O2/c1-4-5-13(11(3)15)14(16)12-8-6-10(2)7-9-12/h6-9,13-14,16H,4-5H2,1-3H3/t13-,14+/m0/s1. The summed E-state index contributed by atoms with van der Waals surface area (Å²) in [5.74, 6) is -0.206. The van der Waals surface area contributed by atoms with E-state index >= 15 is 0 Å². The van der Waals surface area contributed by atoms with Crippen LogP contribution < -0.4 is 0 Å². The van der Waals surface area contributed by atoms with Crippen molar-refractivity contribution in [1.29, 1.82) is 0 Å². The zero-order valence-corrected chi connectivity index (χ0v) is 10.2. The summed E-state index contributed by atoms with van der Waals surface area (Å²) in [4.78, 5) is 11.5. The second-order valence-electron chi connectivity index (χ2n) is 4.36. The summed E-state index contributed by atoms with van der Waals surface area (Å²) in [7, 11) is 0. The summed E-state index contributed by atoms with van der Waals surface area (Å²) in [5.41, 5.74) is 1.99. The number of aliphatic hydroxyl groups is 1. The molecule has 0 aliphatic rings. The molecule has 0 unspecified atom stereocenters. The molecule has 2 heteroatoms. The number of hydrogen-bond donors (Lipinski definition) is 1. The molecule has 1 N–H and O–H groups in total. The van der Waals surface area contributed by atoms with Crippen molar-refractivity contribution in [2.75, 3.05) is 0 Å². The van der Waals surface area contributed by atoms with Gasteiger partial charge in [-0.3, -0.25) is 4.79 Å². The fourth-order valence-electron chi connectivity index (χ4n) is 1.89. The number of carbonyl (C=O) groups is 1. The van der Waals surface area contributed by atoms with Gasteiger partial charge in [-0.1, -0.05) is 43.2 Å². The molecule has 0 aliphatic carbocycles. The topological polar surface area (TPSA) is 37.3 Å². The van der Waals surface area contributed by atoms with Crippen LogP contribution >= 0.6 is 0 Å². The highest BCUT2D eigenvalue weighted by Gasteiger charge is 2.23. The van der Waals surface area contributed by atoms with Crippen molar-refractivity contribution < 1.29 is 9.90 Å². The highest BCUT2D eigenvalue weighted by atomic mass is 16.3. The van der Waals surface area contributed by atoms with Crippen molar-refractivity contribution in [3.63, 3.8) is 0 Å². The Kier molecular flexibility index (Phi) is 4.69. The van der Waals surface area contributed by atoms with Gasteiger partial charge in [-0.05, 0) is 25.8 Å². The average Bonchev–Trinajstić information content (AvgIpc) is 2.25. The number of aliphatic hydroxyl groups excluding tert-OH is 1. The molecule has 1 aromatic carbocycles. The summed E-state index contributed by atoms with van der Waals surface area (Å²) in [6.45, 7) is 5.58. The lowest BCUT2D eigenvalue weighted by atomic mass is 9.89. The number of carbonyl (C=O) groups excluding carboxylic acids is 1. The molecule has 0 spiro atoms. The number of rotatable bonds is 5. The van der Waals surface area contributed by atoms with Crippen molar-refractivity contribution >= 4 is 5.78 Å². The zero-order valence-electron chi connectivity index (χ0n) is 10.2. The third-order valence-electron chi connectivity index (χ3n) is 2.92. The van der Waals surface area contributed by atoms with Gasteiger partial charge < -0.3 is 5.11 Å². The molecule has 1 rings (SSSR count). The number of benzene rings is 1. The maximum Gasteiger partial charge on any atom is 0.135 e. The van der Waals surface area contributed by atoms with Crippen LogP contribution in [0.25, 0.3) is 0 Å². The summed E-state index contributed by atoms with van der Waals surface area (Å²) < 4.78 is 0. The Hall–Kier alpha value is -1.15. The lowest BCUT2D eigenvalue weighted by Gasteiger charge is -2.20. The lowest BCUT2D eigenvalue weighted by Crippen LogP contribution is -2.20. The van der Waals surface area contributed by atoms with E-state index in [1.807, 2.05) is 38.1 Å². The van der Waals surface area contributed by atoms with Gasteiger partial charge in [-0.25, -0.2) is 0 Å². The SMILES string of the molecule is CCC[C@@H](C(C)=O)[C@H](O)c1ccc(C)cc1. The fourth-order valence-corrected chi connectivity index (χ4v) is 1.89. The van der Waals surface area contributed by atoms with Gasteiger partial charge in [0.2, 0.25) is 0 Å². The minimum Gasteiger partial charge on any atom is -0.388 e. The quantitative estimate of drug-likeness (QED) is 0.828. The fraction of sp³-hybridized carbons (Fsp3) is 0.500. The molecule has 0 saturated heterocycles. The highest BCUT2D eigenvalue weighted by molar-refractivity contribution is 5.79. The molecule has 0 fully saturated rings. The van der Waals surface area contributed by atoms with Crippen LogP contribution in [0.3, 0.4) is 0 Å². The molecule has 16 heavy (non-hydrogen) atoms. The van der Waals surface area contributed by atoms with Crippen LogP contribution in [0.4, 0.5) is 0 Å². The van der Waals surface area contributed by atoms with Crippen LogP contribution in [-0.4, -0.2) is 10.9 Å². The number of aryl methyl sites for hydroxylation is 1. The molecule has 0 heterocycles. The molecule has 0 bridgehead atoms. The van der Waals surface area contributed by atoms with Crippen LogP contribution in [0.2, 0.25) is 0 Å². The van der Waals surface area contributed by atoms with E-state index in [-0.39, 0.29) is 11.7 Å². The first-order valence-corrected chi connectivity index (χ1v) is 5.81. The Labute approximate surface area is 97.3 Å². The van der Waals surface area contributed by atoms with Crippen LogP contribution in [0.5, 0.6) is 0 Å². The summed E-state index contributed by atoms with van der Waals surface area (Å²) in [6, 6.07) is 7.71. The maximum absolute atomic E-state index is 11.5.